The maximum absolute atomic E-state index is 4.29. The molecule has 0 aromatic rings. The summed E-state index contributed by atoms with van der Waals surface area (Å²) in [5.74, 6) is 0. The zero-order chi connectivity index (χ0) is 13.5. The lowest BCUT2D eigenvalue weighted by molar-refractivity contribution is 1.10. The van der Waals surface area contributed by atoms with Gasteiger partial charge in [-0.25, -0.2) is 0 Å². The van der Waals surface area contributed by atoms with E-state index in [1.54, 1.807) is 18.4 Å². The van der Waals surface area contributed by atoms with Crippen LogP contribution in [0.15, 0.2) is 66.0 Å². The Morgan fingerprint density at radius 1 is 1.24 bits per heavy atom. The molecule has 0 saturated heterocycles. The first kappa shape index (κ1) is 17.6. The maximum atomic E-state index is 4.29. The van der Waals surface area contributed by atoms with Crippen LogP contribution in [0.2, 0.25) is 0 Å². The molecule has 0 saturated carbocycles. The maximum Gasteiger partial charge on any atom is 0.0601 e. The molecule has 0 aliphatic carbocycles. The Bertz CT molecular complexity index is 318. The first-order valence-corrected chi connectivity index (χ1v) is 5.77. The Morgan fingerprint density at radius 3 is 2.29 bits per heavy atom. The molecule has 0 radical (unpaired) electrons. The Hall–Kier alpha value is -1.83. The van der Waals surface area contributed by atoms with Gasteiger partial charge in [-0.15, -0.1) is 0 Å². The van der Waals surface area contributed by atoms with Crippen LogP contribution in [0.25, 0.3) is 0 Å². The number of hydrogen-bond donors (Lipinski definition) is 1. The molecule has 0 atom stereocenters. The molecule has 0 aromatic carbocycles. The minimum Gasteiger partial charge on any atom is -0.394 e. The van der Waals surface area contributed by atoms with Gasteiger partial charge in [0.15, 0.2) is 0 Å². The lowest BCUT2D eigenvalue weighted by Crippen LogP contribution is -1.91. The van der Waals surface area contributed by atoms with Crippen molar-refractivity contribution >= 4 is 6.21 Å². The molecule has 0 heterocycles. The van der Waals surface area contributed by atoms with E-state index in [9.17, 15) is 0 Å². The second-order valence-corrected chi connectivity index (χ2v) is 2.70. The molecule has 0 bridgehead atoms. The van der Waals surface area contributed by atoms with E-state index in [2.05, 4.69) is 23.5 Å². The Balaban J connectivity index is 0. The van der Waals surface area contributed by atoms with E-state index in [1.807, 2.05) is 52.2 Å². The number of nitrogens with one attached hydrogen (secondary N) is 1. The van der Waals surface area contributed by atoms with Gasteiger partial charge in [0.05, 0.1) is 5.70 Å². The van der Waals surface area contributed by atoms with Crippen LogP contribution in [0, 0.1) is 0 Å². The summed E-state index contributed by atoms with van der Waals surface area (Å²) in [5.41, 5.74) is 1.82. The monoisotopic (exact) mass is 232 g/mol. The summed E-state index contributed by atoms with van der Waals surface area (Å²) in [6, 6.07) is 0. The quantitative estimate of drug-likeness (QED) is 0.543. The van der Waals surface area contributed by atoms with E-state index >= 15 is 0 Å². The van der Waals surface area contributed by atoms with Crippen LogP contribution in [0.4, 0.5) is 0 Å². The second-order valence-electron chi connectivity index (χ2n) is 2.70. The van der Waals surface area contributed by atoms with Crippen LogP contribution in [0.3, 0.4) is 0 Å². The summed E-state index contributed by atoms with van der Waals surface area (Å²) in [5, 5.41) is 2.91. The van der Waals surface area contributed by atoms with Crippen molar-refractivity contribution in [3.63, 3.8) is 0 Å². The van der Waals surface area contributed by atoms with E-state index in [0.29, 0.717) is 0 Å². The second kappa shape index (κ2) is 14.2. The van der Waals surface area contributed by atoms with Crippen LogP contribution in [0.1, 0.15) is 20.8 Å². The Labute approximate surface area is 106 Å². The fourth-order valence-corrected chi connectivity index (χ4v) is 0.831. The summed E-state index contributed by atoms with van der Waals surface area (Å²) in [7, 11) is 1.85. The molecule has 0 spiro atoms. The van der Waals surface area contributed by atoms with Gasteiger partial charge >= 0.3 is 0 Å². The molecule has 0 rings (SSSR count). The third-order valence-corrected chi connectivity index (χ3v) is 1.63. The number of nitrogens with zero attached hydrogens (tertiary/aromatic N) is 1. The van der Waals surface area contributed by atoms with Gasteiger partial charge in [0.1, 0.15) is 0 Å². The highest BCUT2D eigenvalue weighted by molar-refractivity contribution is 5.83. The van der Waals surface area contributed by atoms with Crippen LogP contribution >= 0.6 is 0 Å². The van der Waals surface area contributed by atoms with Crippen molar-refractivity contribution in [1.82, 2.24) is 5.32 Å². The van der Waals surface area contributed by atoms with Crippen molar-refractivity contribution in [3.8, 4) is 0 Å². The van der Waals surface area contributed by atoms with Gasteiger partial charge in [-0.2, -0.15) is 0 Å². The van der Waals surface area contributed by atoms with Gasteiger partial charge in [0.25, 0.3) is 0 Å². The molecule has 0 aliphatic rings. The fourth-order valence-electron chi connectivity index (χ4n) is 0.831. The highest BCUT2D eigenvalue weighted by Crippen LogP contribution is 2.00. The molecule has 1 N–H and O–H groups in total. The normalized spacial score (nSPS) is 12.2. The molecular formula is C15H24N2. The molecule has 2 heteroatoms. The van der Waals surface area contributed by atoms with Crippen molar-refractivity contribution < 1.29 is 0 Å². The van der Waals surface area contributed by atoms with Gasteiger partial charge in [-0.3, -0.25) is 4.99 Å². The summed E-state index contributed by atoms with van der Waals surface area (Å²) in [6.07, 6.45) is 12.7. The van der Waals surface area contributed by atoms with Crippen LogP contribution in [-0.2, 0) is 0 Å². The van der Waals surface area contributed by atoms with Crippen molar-refractivity contribution in [3.05, 3.63) is 61.0 Å². The van der Waals surface area contributed by atoms with Crippen molar-refractivity contribution in [2.75, 3.05) is 7.05 Å². The van der Waals surface area contributed by atoms with Gasteiger partial charge < -0.3 is 5.32 Å². The highest BCUT2D eigenvalue weighted by Gasteiger charge is 1.86. The lowest BCUT2D eigenvalue weighted by atomic mass is 10.2. The Morgan fingerprint density at radius 2 is 1.88 bits per heavy atom. The van der Waals surface area contributed by atoms with E-state index in [4.69, 9.17) is 0 Å². The minimum absolute atomic E-state index is 0.890. The smallest absolute Gasteiger partial charge is 0.0601 e. The third-order valence-electron chi connectivity index (χ3n) is 1.63. The molecule has 17 heavy (non-hydrogen) atoms. The first-order valence-electron chi connectivity index (χ1n) is 5.77. The molecular weight excluding hydrogens is 208 g/mol. The van der Waals surface area contributed by atoms with E-state index < -0.39 is 0 Å². The van der Waals surface area contributed by atoms with Crippen LogP contribution in [-0.4, -0.2) is 13.3 Å². The predicted molar refractivity (Wildman–Crippen MR) is 80.3 cm³/mol. The average molecular weight is 232 g/mol. The third kappa shape index (κ3) is 10.5. The topological polar surface area (TPSA) is 24.4 Å². The van der Waals surface area contributed by atoms with Crippen molar-refractivity contribution in [1.29, 1.82) is 0 Å². The molecule has 0 aromatic heterocycles. The first-order chi connectivity index (χ1) is 8.28. The van der Waals surface area contributed by atoms with Crippen LogP contribution in [0.5, 0.6) is 0 Å². The zero-order valence-electron chi connectivity index (χ0n) is 11.4. The molecule has 2 nitrogen and oxygen atoms in total. The van der Waals surface area contributed by atoms with Crippen molar-refractivity contribution in [2.24, 2.45) is 4.99 Å². The van der Waals surface area contributed by atoms with Gasteiger partial charge in [0.2, 0.25) is 0 Å². The van der Waals surface area contributed by atoms with E-state index in [0.717, 1.165) is 11.3 Å². The molecule has 94 valence electrons. The van der Waals surface area contributed by atoms with E-state index in [1.165, 1.54) is 0 Å². The highest BCUT2D eigenvalue weighted by atomic mass is 14.8. The number of rotatable bonds is 6. The zero-order valence-corrected chi connectivity index (χ0v) is 11.4. The molecule has 0 amide bonds. The Kier molecular flexibility index (Phi) is 14.6. The average Bonchev–Trinajstić information content (AvgIpc) is 2.39. The summed E-state index contributed by atoms with van der Waals surface area (Å²) >= 11 is 0. The molecule has 0 aliphatic heterocycles. The SMILES string of the molecule is C=C/C=C(C=C)/C=N/C(/C=C\NC)=C/C.CC. The van der Waals surface area contributed by atoms with Gasteiger partial charge in [-0.1, -0.05) is 51.3 Å². The summed E-state index contributed by atoms with van der Waals surface area (Å²) in [6.45, 7) is 13.3. The predicted octanol–water partition coefficient (Wildman–Crippen LogP) is 4.02. The minimum atomic E-state index is 0.890. The number of allylic oxidation sites excluding steroid dienone is 6. The summed E-state index contributed by atoms with van der Waals surface area (Å²) < 4.78 is 0. The van der Waals surface area contributed by atoms with Gasteiger partial charge in [-0.05, 0) is 24.8 Å². The standard InChI is InChI=1S/C13H18N2.C2H6/c1-5-8-12(6-2)11-15-13(7-3)9-10-14-4;1-2/h5-11,14H,1-2H2,3-4H3;1-2H3/b10-9-,12-8+,13-7+,15-11+;. The largest absolute Gasteiger partial charge is 0.394 e. The van der Waals surface area contributed by atoms with Crippen molar-refractivity contribution in [2.45, 2.75) is 20.8 Å². The van der Waals surface area contributed by atoms with Gasteiger partial charge in [0, 0.05) is 13.3 Å². The molecule has 0 fully saturated rings. The number of hydrogen-bond acceptors (Lipinski definition) is 2. The lowest BCUT2D eigenvalue weighted by Gasteiger charge is -1.93. The summed E-state index contributed by atoms with van der Waals surface area (Å²) in [4.78, 5) is 4.29. The van der Waals surface area contributed by atoms with E-state index in [-0.39, 0.29) is 0 Å². The number of aliphatic imine (C=N–C) groups is 1. The molecule has 0 unspecified atom stereocenters. The fraction of sp³-hybridized carbons (Fsp3) is 0.267. The van der Waals surface area contributed by atoms with Crippen LogP contribution < -0.4 is 5.32 Å².